The first-order valence-electron chi connectivity index (χ1n) is 8.79. The number of carbonyl (C=O) groups excluding carboxylic acids is 1. The Hall–Kier alpha value is -1.60. The summed E-state index contributed by atoms with van der Waals surface area (Å²) in [5, 5.41) is 2.86. The summed E-state index contributed by atoms with van der Waals surface area (Å²) in [6.07, 6.45) is 1.44. The first kappa shape index (κ1) is 19.7. The van der Waals surface area contributed by atoms with Crippen molar-refractivity contribution in [3.63, 3.8) is 0 Å². The lowest BCUT2D eigenvalue weighted by Crippen LogP contribution is -2.46. The largest absolute Gasteiger partial charge is 0.491 e. The Kier molecular flexibility index (Phi) is 6.84. The number of rotatable bonds is 7. The molecule has 0 aromatic heterocycles. The van der Waals surface area contributed by atoms with E-state index >= 15 is 0 Å². The molecule has 1 aliphatic rings. The van der Waals surface area contributed by atoms with Gasteiger partial charge < -0.3 is 10.1 Å². The number of benzene rings is 1. The summed E-state index contributed by atoms with van der Waals surface area (Å²) in [5.41, 5.74) is 2.19. The van der Waals surface area contributed by atoms with E-state index < -0.39 is 10.0 Å². The molecular weight excluding hydrogens is 340 g/mol. The van der Waals surface area contributed by atoms with E-state index in [2.05, 4.69) is 5.32 Å². The molecule has 7 heteroatoms. The van der Waals surface area contributed by atoms with Gasteiger partial charge in [-0.25, -0.2) is 12.7 Å². The summed E-state index contributed by atoms with van der Waals surface area (Å²) in [6.45, 7) is 7.20. The Labute approximate surface area is 150 Å². The van der Waals surface area contributed by atoms with E-state index in [1.807, 2.05) is 32.0 Å². The molecule has 0 unspecified atom stereocenters. The van der Waals surface area contributed by atoms with Crippen molar-refractivity contribution in [2.45, 2.75) is 33.6 Å². The van der Waals surface area contributed by atoms with Crippen molar-refractivity contribution in [2.75, 3.05) is 32.0 Å². The average Bonchev–Trinajstić information content (AvgIpc) is 2.61. The molecule has 1 amide bonds. The average molecular weight is 368 g/mol. The highest BCUT2D eigenvalue weighted by Crippen LogP contribution is 2.20. The normalized spacial score (nSPS) is 18.8. The third-order valence-electron chi connectivity index (χ3n) is 4.52. The summed E-state index contributed by atoms with van der Waals surface area (Å²) >= 11 is 0. The van der Waals surface area contributed by atoms with Crippen molar-refractivity contribution in [3.05, 3.63) is 29.3 Å². The fourth-order valence-corrected chi connectivity index (χ4v) is 4.11. The molecule has 1 N–H and O–H groups in total. The highest BCUT2D eigenvalue weighted by Gasteiger charge is 2.31. The van der Waals surface area contributed by atoms with Crippen molar-refractivity contribution in [1.82, 2.24) is 9.62 Å². The summed E-state index contributed by atoms with van der Waals surface area (Å²) in [4.78, 5) is 12.3. The second-order valence-electron chi connectivity index (χ2n) is 6.51. The molecule has 0 spiro atoms. The number of nitrogens with one attached hydrogen (secondary N) is 1. The van der Waals surface area contributed by atoms with E-state index in [1.54, 1.807) is 6.92 Å². The van der Waals surface area contributed by atoms with Crippen LogP contribution in [-0.2, 0) is 14.8 Å². The quantitative estimate of drug-likeness (QED) is 0.746. The van der Waals surface area contributed by atoms with Crippen LogP contribution in [0.25, 0.3) is 0 Å². The summed E-state index contributed by atoms with van der Waals surface area (Å²) in [7, 11) is -3.23. The van der Waals surface area contributed by atoms with Crippen LogP contribution < -0.4 is 10.1 Å². The van der Waals surface area contributed by atoms with Crippen LogP contribution in [0.15, 0.2) is 18.2 Å². The molecule has 1 atom stereocenters. The highest BCUT2D eigenvalue weighted by molar-refractivity contribution is 7.89. The van der Waals surface area contributed by atoms with Gasteiger partial charge in [0, 0.05) is 13.1 Å². The lowest BCUT2D eigenvalue weighted by atomic mass is 9.99. The van der Waals surface area contributed by atoms with Gasteiger partial charge >= 0.3 is 0 Å². The Morgan fingerprint density at radius 2 is 2.12 bits per heavy atom. The third kappa shape index (κ3) is 5.44. The van der Waals surface area contributed by atoms with Gasteiger partial charge in [0.25, 0.3) is 0 Å². The van der Waals surface area contributed by atoms with E-state index in [-0.39, 0.29) is 24.1 Å². The number of carbonyl (C=O) groups is 1. The predicted octanol–water partition coefficient (Wildman–Crippen LogP) is 1.86. The zero-order valence-electron chi connectivity index (χ0n) is 15.2. The SMILES string of the molecule is CCS(=O)(=O)N1CCC[C@H](C(=O)NCCOc2cc(C)ccc2C)C1. The van der Waals surface area contributed by atoms with Crippen LogP contribution >= 0.6 is 0 Å². The van der Waals surface area contributed by atoms with Crippen LogP contribution in [0, 0.1) is 19.8 Å². The number of ether oxygens (including phenoxy) is 1. The molecule has 1 aromatic carbocycles. The fourth-order valence-electron chi connectivity index (χ4n) is 2.93. The van der Waals surface area contributed by atoms with E-state index in [4.69, 9.17) is 4.74 Å². The fraction of sp³-hybridized carbons (Fsp3) is 0.611. The zero-order chi connectivity index (χ0) is 18.4. The van der Waals surface area contributed by atoms with Crippen LogP contribution in [0.4, 0.5) is 0 Å². The summed E-state index contributed by atoms with van der Waals surface area (Å²) in [5.74, 6) is 0.522. The number of amides is 1. The van der Waals surface area contributed by atoms with Gasteiger partial charge in [-0.3, -0.25) is 4.79 Å². The third-order valence-corrected chi connectivity index (χ3v) is 6.36. The van der Waals surface area contributed by atoms with Gasteiger partial charge in [-0.05, 0) is 50.8 Å². The molecule has 25 heavy (non-hydrogen) atoms. The van der Waals surface area contributed by atoms with Gasteiger partial charge in [-0.2, -0.15) is 0 Å². The minimum absolute atomic E-state index is 0.0744. The molecule has 1 heterocycles. The van der Waals surface area contributed by atoms with Crippen molar-refractivity contribution < 1.29 is 17.9 Å². The van der Waals surface area contributed by atoms with Crippen molar-refractivity contribution in [1.29, 1.82) is 0 Å². The summed E-state index contributed by atoms with van der Waals surface area (Å²) in [6, 6.07) is 6.02. The number of aryl methyl sites for hydroxylation is 2. The maximum Gasteiger partial charge on any atom is 0.224 e. The first-order valence-corrected chi connectivity index (χ1v) is 10.4. The molecule has 2 rings (SSSR count). The number of sulfonamides is 1. The van der Waals surface area contributed by atoms with E-state index in [1.165, 1.54) is 4.31 Å². The van der Waals surface area contributed by atoms with Gasteiger partial charge in [0.2, 0.25) is 15.9 Å². The number of hydrogen-bond acceptors (Lipinski definition) is 4. The molecule has 1 saturated heterocycles. The molecular formula is C18H28N2O4S. The Bertz CT molecular complexity index is 703. The van der Waals surface area contributed by atoms with Crippen molar-refractivity contribution in [3.8, 4) is 5.75 Å². The van der Waals surface area contributed by atoms with Crippen LogP contribution in [0.5, 0.6) is 5.75 Å². The van der Waals surface area contributed by atoms with E-state index in [0.29, 0.717) is 19.7 Å². The zero-order valence-corrected chi connectivity index (χ0v) is 16.1. The van der Waals surface area contributed by atoms with Gasteiger partial charge in [0.05, 0.1) is 18.2 Å². The molecule has 0 aliphatic carbocycles. The van der Waals surface area contributed by atoms with Gasteiger partial charge in [0.15, 0.2) is 0 Å². The highest BCUT2D eigenvalue weighted by atomic mass is 32.2. The smallest absolute Gasteiger partial charge is 0.224 e. The molecule has 0 radical (unpaired) electrons. The number of hydrogen-bond donors (Lipinski definition) is 1. The molecule has 1 fully saturated rings. The van der Waals surface area contributed by atoms with Crippen LogP contribution in [-0.4, -0.2) is 50.6 Å². The maximum atomic E-state index is 12.3. The molecule has 6 nitrogen and oxygen atoms in total. The summed E-state index contributed by atoms with van der Waals surface area (Å²) < 4.78 is 31.1. The first-order chi connectivity index (χ1) is 11.8. The predicted molar refractivity (Wildman–Crippen MR) is 98.2 cm³/mol. The molecule has 140 valence electrons. The van der Waals surface area contributed by atoms with Crippen molar-refractivity contribution >= 4 is 15.9 Å². The molecule has 0 saturated carbocycles. The molecule has 0 bridgehead atoms. The van der Waals surface area contributed by atoms with Gasteiger partial charge in [-0.1, -0.05) is 12.1 Å². The Morgan fingerprint density at radius 3 is 2.84 bits per heavy atom. The van der Waals surface area contributed by atoms with E-state index in [0.717, 1.165) is 29.7 Å². The minimum Gasteiger partial charge on any atom is -0.491 e. The van der Waals surface area contributed by atoms with Gasteiger partial charge in [-0.15, -0.1) is 0 Å². The second-order valence-corrected chi connectivity index (χ2v) is 8.76. The monoisotopic (exact) mass is 368 g/mol. The number of nitrogens with zero attached hydrogens (tertiary/aromatic N) is 1. The van der Waals surface area contributed by atoms with E-state index in [9.17, 15) is 13.2 Å². The lowest BCUT2D eigenvalue weighted by molar-refractivity contribution is -0.126. The standard InChI is InChI=1S/C18H28N2O4S/c1-4-25(22,23)20-10-5-6-16(13-20)18(21)19-9-11-24-17-12-14(2)7-8-15(17)3/h7-8,12,16H,4-6,9-11,13H2,1-3H3,(H,19,21)/t16-/m0/s1. The Balaban J connectivity index is 1.79. The van der Waals surface area contributed by atoms with Gasteiger partial charge in [0.1, 0.15) is 12.4 Å². The Morgan fingerprint density at radius 1 is 1.36 bits per heavy atom. The molecule has 1 aliphatic heterocycles. The van der Waals surface area contributed by atoms with Crippen molar-refractivity contribution in [2.24, 2.45) is 5.92 Å². The molecule has 1 aromatic rings. The number of piperidine rings is 1. The van der Waals surface area contributed by atoms with Crippen LogP contribution in [0.3, 0.4) is 0 Å². The second kappa shape index (κ2) is 8.67. The minimum atomic E-state index is -3.23. The van der Waals surface area contributed by atoms with Crippen LogP contribution in [0.1, 0.15) is 30.9 Å². The maximum absolute atomic E-state index is 12.3. The lowest BCUT2D eigenvalue weighted by Gasteiger charge is -2.30. The van der Waals surface area contributed by atoms with Crippen LogP contribution in [0.2, 0.25) is 0 Å². The topological polar surface area (TPSA) is 75.7 Å².